The van der Waals surface area contributed by atoms with E-state index < -0.39 is 0 Å². The fourth-order valence-electron chi connectivity index (χ4n) is 2.34. The fourth-order valence-corrected chi connectivity index (χ4v) is 2.34. The predicted octanol–water partition coefficient (Wildman–Crippen LogP) is 3.05. The van der Waals surface area contributed by atoms with Crippen LogP contribution in [0.2, 0.25) is 0 Å². The minimum Gasteiger partial charge on any atom is -0.507 e. The highest BCUT2D eigenvalue weighted by Crippen LogP contribution is 2.39. The van der Waals surface area contributed by atoms with E-state index in [9.17, 15) is 5.11 Å². The fraction of sp³-hybridized carbons (Fsp3) is 0.250. The van der Waals surface area contributed by atoms with Crippen molar-refractivity contribution in [1.82, 2.24) is 4.90 Å². The van der Waals surface area contributed by atoms with E-state index in [2.05, 4.69) is 17.0 Å². The van der Waals surface area contributed by atoms with Crippen molar-refractivity contribution < 1.29 is 9.84 Å². The van der Waals surface area contributed by atoms with E-state index >= 15 is 0 Å². The average Bonchev–Trinajstić information content (AvgIpc) is 2.41. The van der Waals surface area contributed by atoms with Gasteiger partial charge in [-0.2, -0.15) is 0 Å². The lowest BCUT2D eigenvalue weighted by Gasteiger charge is -2.27. The van der Waals surface area contributed by atoms with Gasteiger partial charge in [-0.15, -0.1) is 0 Å². The van der Waals surface area contributed by atoms with Crippen LogP contribution in [0, 0.1) is 0 Å². The first kappa shape index (κ1) is 13.4. The maximum Gasteiger partial charge on any atom is 0.127 e. The van der Waals surface area contributed by atoms with Gasteiger partial charge in [0.15, 0.2) is 0 Å². The molecular weight excluding hydrogens is 238 g/mol. The third-order valence-corrected chi connectivity index (χ3v) is 3.17. The summed E-state index contributed by atoms with van der Waals surface area (Å²) in [6.45, 7) is 0. The standard InChI is InChI=1S/C16H19NO2/c1-17(2)16(12-8-5-4-6-9-12)15-13(18)10-7-11-14(15)19-3/h4-11,16,18H,1-3H3. The zero-order valence-electron chi connectivity index (χ0n) is 11.5. The van der Waals surface area contributed by atoms with Crippen molar-refractivity contribution in [3.63, 3.8) is 0 Å². The predicted molar refractivity (Wildman–Crippen MR) is 76.6 cm³/mol. The van der Waals surface area contributed by atoms with Crippen LogP contribution in [-0.4, -0.2) is 31.2 Å². The van der Waals surface area contributed by atoms with Gasteiger partial charge < -0.3 is 9.84 Å². The lowest BCUT2D eigenvalue weighted by atomic mass is 9.96. The average molecular weight is 257 g/mol. The number of aromatic hydroxyl groups is 1. The van der Waals surface area contributed by atoms with Crippen molar-refractivity contribution in [3.8, 4) is 11.5 Å². The van der Waals surface area contributed by atoms with Crippen molar-refractivity contribution in [2.45, 2.75) is 6.04 Å². The van der Waals surface area contributed by atoms with Gasteiger partial charge in [-0.3, -0.25) is 4.90 Å². The second kappa shape index (κ2) is 5.76. The Labute approximate surface area is 114 Å². The molecule has 0 amide bonds. The van der Waals surface area contributed by atoms with Crippen LogP contribution in [0.4, 0.5) is 0 Å². The van der Waals surface area contributed by atoms with E-state index in [-0.39, 0.29) is 11.8 Å². The van der Waals surface area contributed by atoms with Crippen molar-refractivity contribution in [1.29, 1.82) is 0 Å². The van der Waals surface area contributed by atoms with Gasteiger partial charge in [-0.05, 0) is 31.8 Å². The highest BCUT2D eigenvalue weighted by atomic mass is 16.5. The second-order valence-electron chi connectivity index (χ2n) is 4.67. The molecule has 0 saturated carbocycles. The molecule has 3 heteroatoms. The number of phenols is 1. The van der Waals surface area contributed by atoms with Crippen LogP contribution < -0.4 is 4.74 Å². The summed E-state index contributed by atoms with van der Waals surface area (Å²) in [5.41, 5.74) is 1.91. The molecule has 0 heterocycles. The molecule has 100 valence electrons. The van der Waals surface area contributed by atoms with Gasteiger partial charge >= 0.3 is 0 Å². The molecule has 2 aromatic carbocycles. The number of ether oxygens (including phenoxy) is 1. The van der Waals surface area contributed by atoms with Crippen molar-refractivity contribution in [2.75, 3.05) is 21.2 Å². The Kier molecular flexibility index (Phi) is 4.07. The molecule has 1 N–H and O–H groups in total. The van der Waals surface area contributed by atoms with Crippen LogP contribution in [0.5, 0.6) is 11.5 Å². The first-order valence-corrected chi connectivity index (χ1v) is 6.22. The van der Waals surface area contributed by atoms with Gasteiger partial charge in [-0.1, -0.05) is 36.4 Å². The molecule has 0 aromatic heterocycles. The van der Waals surface area contributed by atoms with Crippen molar-refractivity contribution in [3.05, 3.63) is 59.7 Å². The van der Waals surface area contributed by atoms with Crippen LogP contribution >= 0.6 is 0 Å². The molecule has 0 radical (unpaired) electrons. The topological polar surface area (TPSA) is 32.7 Å². The number of hydrogen-bond donors (Lipinski definition) is 1. The first-order valence-electron chi connectivity index (χ1n) is 6.22. The van der Waals surface area contributed by atoms with Gasteiger partial charge in [0, 0.05) is 0 Å². The molecule has 0 saturated heterocycles. The summed E-state index contributed by atoms with van der Waals surface area (Å²) < 4.78 is 5.39. The summed E-state index contributed by atoms with van der Waals surface area (Å²) in [7, 11) is 5.60. The molecule has 1 atom stereocenters. The molecule has 0 aliphatic carbocycles. The van der Waals surface area contributed by atoms with E-state index in [1.165, 1.54) is 0 Å². The number of methoxy groups -OCH3 is 1. The minimum absolute atomic E-state index is 0.0441. The van der Waals surface area contributed by atoms with Crippen LogP contribution in [0.15, 0.2) is 48.5 Å². The third-order valence-electron chi connectivity index (χ3n) is 3.17. The van der Waals surface area contributed by atoms with E-state index in [4.69, 9.17) is 4.74 Å². The zero-order chi connectivity index (χ0) is 13.8. The third kappa shape index (κ3) is 2.71. The quantitative estimate of drug-likeness (QED) is 0.913. The summed E-state index contributed by atoms with van der Waals surface area (Å²) in [5, 5.41) is 10.2. The Hall–Kier alpha value is -2.00. The number of nitrogens with zero attached hydrogens (tertiary/aromatic N) is 1. The lowest BCUT2D eigenvalue weighted by molar-refractivity contribution is 0.315. The normalized spacial score (nSPS) is 12.4. The van der Waals surface area contributed by atoms with Gasteiger partial charge in [0.05, 0.1) is 18.7 Å². The van der Waals surface area contributed by atoms with Crippen molar-refractivity contribution in [2.24, 2.45) is 0 Å². The van der Waals surface area contributed by atoms with Crippen LogP contribution in [0.3, 0.4) is 0 Å². The van der Waals surface area contributed by atoms with E-state index in [1.807, 2.05) is 38.4 Å². The van der Waals surface area contributed by atoms with Crippen molar-refractivity contribution >= 4 is 0 Å². The Balaban J connectivity index is 2.58. The molecule has 0 aliphatic rings. The van der Waals surface area contributed by atoms with Gasteiger partial charge in [0.1, 0.15) is 11.5 Å². The summed E-state index contributed by atoms with van der Waals surface area (Å²) >= 11 is 0. The molecule has 3 nitrogen and oxygen atoms in total. The van der Waals surface area contributed by atoms with E-state index in [1.54, 1.807) is 19.2 Å². The Morgan fingerprint density at radius 2 is 1.68 bits per heavy atom. The highest BCUT2D eigenvalue weighted by Gasteiger charge is 2.23. The molecule has 2 aromatic rings. The molecule has 1 unspecified atom stereocenters. The van der Waals surface area contributed by atoms with Gasteiger partial charge in [-0.25, -0.2) is 0 Å². The highest BCUT2D eigenvalue weighted by molar-refractivity contribution is 5.49. The van der Waals surface area contributed by atoms with Gasteiger partial charge in [0.2, 0.25) is 0 Å². The summed E-state index contributed by atoms with van der Waals surface area (Å²) in [5.74, 6) is 0.949. The number of rotatable bonds is 4. The second-order valence-corrected chi connectivity index (χ2v) is 4.67. The molecule has 0 bridgehead atoms. The van der Waals surface area contributed by atoms with Crippen LogP contribution in [-0.2, 0) is 0 Å². The summed E-state index contributed by atoms with van der Waals surface area (Å²) in [6, 6.07) is 15.4. The minimum atomic E-state index is -0.0441. The molecule has 0 fully saturated rings. The van der Waals surface area contributed by atoms with Crippen LogP contribution in [0.1, 0.15) is 17.2 Å². The molecule has 0 aliphatic heterocycles. The summed E-state index contributed by atoms with van der Waals surface area (Å²) in [6.07, 6.45) is 0. The zero-order valence-corrected chi connectivity index (χ0v) is 11.5. The smallest absolute Gasteiger partial charge is 0.127 e. The molecule has 19 heavy (non-hydrogen) atoms. The number of hydrogen-bond acceptors (Lipinski definition) is 3. The Morgan fingerprint density at radius 1 is 1.00 bits per heavy atom. The SMILES string of the molecule is COc1cccc(O)c1C(c1ccccc1)N(C)C. The monoisotopic (exact) mass is 257 g/mol. The molecule has 0 spiro atoms. The van der Waals surface area contributed by atoms with Gasteiger partial charge in [0.25, 0.3) is 0 Å². The maximum atomic E-state index is 10.2. The number of benzene rings is 2. The van der Waals surface area contributed by atoms with E-state index in [0.29, 0.717) is 5.75 Å². The lowest BCUT2D eigenvalue weighted by Crippen LogP contribution is -2.21. The molecule has 2 rings (SSSR count). The molecular formula is C16H19NO2. The Morgan fingerprint density at radius 3 is 2.26 bits per heavy atom. The van der Waals surface area contributed by atoms with E-state index in [0.717, 1.165) is 11.1 Å². The largest absolute Gasteiger partial charge is 0.507 e. The maximum absolute atomic E-state index is 10.2. The van der Waals surface area contributed by atoms with Crippen LogP contribution in [0.25, 0.3) is 0 Å². The Bertz CT molecular complexity index is 538. The first-order chi connectivity index (χ1) is 9.15. The summed E-state index contributed by atoms with van der Waals surface area (Å²) in [4.78, 5) is 2.06. The number of phenolic OH excluding ortho intramolecular Hbond substituents is 1.